The summed E-state index contributed by atoms with van der Waals surface area (Å²) in [5.41, 5.74) is -2.23. The molecule has 0 radical (unpaired) electrons. The second-order valence-electron chi connectivity index (χ2n) is 4.15. The highest BCUT2D eigenvalue weighted by Crippen LogP contribution is 2.44. The average Bonchev–Trinajstić information content (AvgIpc) is 2.98. The number of esters is 1. The maximum atomic E-state index is 13.2. The molecule has 0 bridgehead atoms. The second kappa shape index (κ2) is 4.80. The van der Waals surface area contributed by atoms with E-state index in [9.17, 15) is 18.0 Å². The van der Waals surface area contributed by atoms with Gasteiger partial charge in [-0.3, -0.25) is 0 Å². The maximum Gasteiger partial charge on any atom is 0.404 e. The normalized spacial score (nSPS) is 23.6. The fraction of sp³-hybridized carbons (Fsp3) is 0.700. The molecule has 6 nitrogen and oxygen atoms in total. The van der Waals surface area contributed by atoms with Crippen molar-refractivity contribution in [2.45, 2.75) is 24.9 Å². The molecule has 106 valence electrons. The van der Waals surface area contributed by atoms with Crippen LogP contribution >= 0.6 is 0 Å². The van der Waals surface area contributed by atoms with Crippen LogP contribution in [0.25, 0.3) is 0 Å². The van der Waals surface area contributed by atoms with Crippen LogP contribution in [0.3, 0.4) is 0 Å². The van der Waals surface area contributed by atoms with Crippen LogP contribution in [-0.4, -0.2) is 42.0 Å². The van der Waals surface area contributed by atoms with Gasteiger partial charge in [-0.05, 0) is 25.0 Å². The Hall–Kier alpha value is -1.64. The molecule has 1 saturated heterocycles. The molecule has 9 heteroatoms. The van der Waals surface area contributed by atoms with Crippen molar-refractivity contribution in [3.05, 3.63) is 11.7 Å². The molecule has 2 rings (SSSR count). The van der Waals surface area contributed by atoms with Gasteiger partial charge in [-0.1, -0.05) is 0 Å². The van der Waals surface area contributed by atoms with Crippen LogP contribution in [0.15, 0.2) is 4.52 Å². The zero-order chi connectivity index (χ0) is 14.1. The fourth-order valence-corrected chi connectivity index (χ4v) is 1.93. The lowest BCUT2D eigenvalue weighted by atomic mass is 9.86. The summed E-state index contributed by atoms with van der Waals surface area (Å²) < 4.78 is 48.8. The predicted molar refractivity (Wildman–Crippen MR) is 55.5 cm³/mol. The topological polar surface area (TPSA) is 77.2 Å². The first-order valence-corrected chi connectivity index (χ1v) is 5.69. The van der Waals surface area contributed by atoms with Crippen molar-refractivity contribution in [2.24, 2.45) is 0 Å². The fourth-order valence-electron chi connectivity index (χ4n) is 1.93. The number of aromatic nitrogens is 2. The second-order valence-corrected chi connectivity index (χ2v) is 4.15. The Bertz CT molecular complexity index is 466. The van der Waals surface area contributed by atoms with Crippen LogP contribution in [0.4, 0.5) is 13.2 Å². The van der Waals surface area contributed by atoms with Gasteiger partial charge in [-0.2, -0.15) is 18.2 Å². The third-order valence-electron chi connectivity index (χ3n) is 2.99. The number of carbonyl (C=O) groups excluding carboxylic acids is 1. The number of nitrogens with one attached hydrogen (secondary N) is 1. The van der Waals surface area contributed by atoms with E-state index in [0.29, 0.717) is 0 Å². The number of ether oxygens (including phenoxy) is 1. The van der Waals surface area contributed by atoms with Gasteiger partial charge in [0.05, 0.1) is 6.61 Å². The van der Waals surface area contributed by atoms with Crippen molar-refractivity contribution >= 4 is 5.97 Å². The molecule has 1 aromatic heterocycles. The predicted octanol–water partition coefficient (Wildman–Crippen LogP) is 1.04. The molecule has 1 atom stereocenters. The number of carbonyl (C=O) groups is 1. The van der Waals surface area contributed by atoms with Crippen molar-refractivity contribution in [2.75, 3.05) is 19.7 Å². The standard InChI is InChI=1S/C10H12F3N3O3/c1-2-18-7(17)6-15-8(19-16-6)9(10(11,12)13)3-4-14-5-9/h14H,2-5H2,1H3. The summed E-state index contributed by atoms with van der Waals surface area (Å²) in [6, 6.07) is 0. The Morgan fingerprint density at radius 2 is 2.32 bits per heavy atom. The van der Waals surface area contributed by atoms with Crippen LogP contribution in [0.5, 0.6) is 0 Å². The molecule has 0 saturated carbocycles. The Morgan fingerprint density at radius 1 is 1.58 bits per heavy atom. The molecule has 0 spiro atoms. The zero-order valence-electron chi connectivity index (χ0n) is 10.1. The van der Waals surface area contributed by atoms with Crippen LogP contribution in [0, 0.1) is 0 Å². The highest BCUT2D eigenvalue weighted by atomic mass is 19.4. The van der Waals surface area contributed by atoms with Crippen molar-refractivity contribution < 1.29 is 27.2 Å². The Labute approximate surface area is 106 Å². The summed E-state index contributed by atoms with van der Waals surface area (Å²) in [5, 5.41) is 5.87. The monoisotopic (exact) mass is 279 g/mol. The molecule has 1 fully saturated rings. The quantitative estimate of drug-likeness (QED) is 0.833. The molecular formula is C10H12F3N3O3. The van der Waals surface area contributed by atoms with E-state index in [4.69, 9.17) is 0 Å². The van der Waals surface area contributed by atoms with E-state index in [-0.39, 0.29) is 26.1 Å². The van der Waals surface area contributed by atoms with Gasteiger partial charge in [0.1, 0.15) is 0 Å². The van der Waals surface area contributed by atoms with Gasteiger partial charge < -0.3 is 14.6 Å². The molecule has 0 aliphatic carbocycles. The van der Waals surface area contributed by atoms with Crippen LogP contribution in [-0.2, 0) is 10.2 Å². The number of halogens is 3. The van der Waals surface area contributed by atoms with E-state index < -0.39 is 29.3 Å². The molecule has 1 N–H and O–H groups in total. The summed E-state index contributed by atoms with van der Waals surface area (Å²) in [4.78, 5) is 14.9. The van der Waals surface area contributed by atoms with Crippen molar-refractivity contribution in [1.82, 2.24) is 15.5 Å². The smallest absolute Gasteiger partial charge is 0.404 e. The third-order valence-corrected chi connectivity index (χ3v) is 2.99. The first-order valence-electron chi connectivity index (χ1n) is 5.69. The molecule has 2 heterocycles. The molecule has 1 aromatic rings. The van der Waals surface area contributed by atoms with Crippen LogP contribution in [0.1, 0.15) is 29.9 Å². The highest BCUT2D eigenvalue weighted by Gasteiger charge is 2.61. The Balaban J connectivity index is 2.32. The number of nitrogens with zero attached hydrogens (tertiary/aromatic N) is 2. The van der Waals surface area contributed by atoms with E-state index in [1.54, 1.807) is 6.92 Å². The minimum Gasteiger partial charge on any atom is -0.460 e. The van der Waals surface area contributed by atoms with E-state index in [1.807, 2.05) is 0 Å². The molecule has 0 amide bonds. The molecule has 1 unspecified atom stereocenters. The minimum atomic E-state index is -4.53. The molecule has 1 aliphatic heterocycles. The van der Waals surface area contributed by atoms with E-state index >= 15 is 0 Å². The van der Waals surface area contributed by atoms with E-state index in [0.717, 1.165) is 0 Å². The van der Waals surface area contributed by atoms with Gasteiger partial charge in [-0.15, -0.1) is 0 Å². The molecular weight excluding hydrogens is 267 g/mol. The molecule has 19 heavy (non-hydrogen) atoms. The summed E-state index contributed by atoms with van der Waals surface area (Å²) in [5.74, 6) is -2.00. The lowest BCUT2D eigenvalue weighted by Gasteiger charge is -2.26. The molecule has 1 aliphatic rings. The van der Waals surface area contributed by atoms with Gasteiger partial charge >= 0.3 is 12.1 Å². The van der Waals surface area contributed by atoms with Gasteiger partial charge in [0.25, 0.3) is 5.82 Å². The Morgan fingerprint density at radius 3 is 2.84 bits per heavy atom. The van der Waals surface area contributed by atoms with Crippen molar-refractivity contribution in [1.29, 1.82) is 0 Å². The van der Waals surface area contributed by atoms with Gasteiger partial charge in [0.2, 0.25) is 5.89 Å². The number of hydrogen-bond donors (Lipinski definition) is 1. The van der Waals surface area contributed by atoms with Gasteiger partial charge in [0, 0.05) is 6.54 Å². The number of alkyl halides is 3. The van der Waals surface area contributed by atoms with Crippen LogP contribution in [0.2, 0.25) is 0 Å². The Kier molecular flexibility index (Phi) is 3.48. The minimum absolute atomic E-state index is 0.0781. The lowest BCUT2D eigenvalue weighted by molar-refractivity contribution is -0.191. The lowest BCUT2D eigenvalue weighted by Crippen LogP contribution is -2.44. The first-order chi connectivity index (χ1) is 8.90. The summed E-state index contributed by atoms with van der Waals surface area (Å²) in [7, 11) is 0. The zero-order valence-corrected chi connectivity index (χ0v) is 10.1. The van der Waals surface area contributed by atoms with Gasteiger partial charge in [-0.25, -0.2) is 4.79 Å². The summed E-state index contributed by atoms with van der Waals surface area (Å²) in [6.07, 6.45) is -4.74. The largest absolute Gasteiger partial charge is 0.460 e. The highest BCUT2D eigenvalue weighted by molar-refractivity contribution is 5.84. The third kappa shape index (κ3) is 2.29. The summed E-state index contributed by atoms with van der Waals surface area (Å²) >= 11 is 0. The number of hydrogen-bond acceptors (Lipinski definition) is 6. The van der Waals surface area contributed by atoms with E-state index in [1.165, 1.54) is 0 Å². The van der Waals surface area contributed by atoms with Crippen molar-refractivity contribution in [3.63, 3.8) is 0 Å². The summed E-state index contributed by atoms with van der Waals surface area (Å²) in [6.45, 7) is 1.49. The van der Waals surface area contributed by atoms with Crippen molar-refractivity contribution in [3.8, 4) is 0 Å². The average molecular weight is 279 g/mol. The maximum absolute atomic E-state index is 13.2. The number of rotatable bonds is 3. The van der Waals surface area contributed by atoms with E-state index in [2.05, 4.69) is 24.7 Å². The SMILES string of the molecule is CCOC(=O)c1noc(C2(C(F)(F)F)CCNC2)n1. The van der Waals surface area contributed by atoms with Crippen LogP contribution < -0.4 is 5.32 Å². The molecule has 0 aromatic carbocycles. The van der Waals surface area contributed by atoms with Gasteiger partial charge in [0.15, 0.2) is 5.41 Å². The first kappa shape index (κ1) is 13.8.